The van der Waals surface area contributed by atoms with Gasteiger partial charge in [0.2, 0.25) is 0 Å². The van der Waals surface area contributed by atoms with Crippen LogP contribution in [0.15, 0.2) is 60.7 Å². The maximum Gasteiger partial charge on any atom is 0.326 e. The number of carboxylic acid groups (broad SMARTS) is 1. The molecule has 1 amide bonds. The van der Waals surface area contributed by atoms with Crippen molar-refractivity contribution in [3.05, 3.63) is 87.5 Å². The van der Waals surface area contributed by atoms with Gasteiger partial charge in [0.15, 0.2) is 0 Å². The number of benzene rings is 2. The van der Waals surface area contributed by atoms with Crippen molar-refractivity contribution in [1.29, 1.82) is 0 Å². The third-order valence-electron chi connectivity index (χ3n) is 5.46. The number of rotatable bonds is 13. The third kappa shape index (κ3) is 8.93. The summed E-state index contributed by atoms with van der Waals surface area (Å²) in [6.45, 7) is 2.17. The molecule has 0 aliphatic carbocycles. The summed E-state index contributed by atoms with van der Waals surface area (Å²) in [5.41, 5.74) is 1.69. The molecule has 3 aromatic rings. The van der Waals surface area contributed by atoms with Crippen LogP contribution in [0, 0.1) is 0 Å². The molecule has 0 fully saturated rings. The summed E-state index contributed by atoms with van der Waals surface area (Å²) in [4.78, 5) is 31.1. The van der Waals surface area contributed by atoms with E-state index in [0.717, 1.165) is 30.2 Å². The number of amides is 1. The molecule has 0 bridgehead atoms. The van der Waals surface area contributed by atoms with E-state index in [1.54, 1.807) is 30.3 Å². The van der Waals surface area contributed by atoms with Crippen LogP contribution in [-0.2, 0) is 17.6 Å². The smallest absolute Gasteiger partial charge is 0.326 e. The molecule has 3 N–H and O–H groups in total. The van der Waals surface area contributed by atoms with Crippen molar-refractivity contribution in [1.82, 2.24) is 15.2 Å². The number of aliphatic carboxylic acids is 1. The first-order valence-corrected chi connectivity index (χ1v) is 12.5. The minimum absolute atomic E-state index is 0.0465. The van der Waals surface area contributed by atoms with Gasteiger partial charge >= 0.3 is 5.97 Å². The van der Waals surface area contributed by atoms with Crippen molar-refractivity contribution in [2.75, 3.05) is 39.1 Å². The number of carboxylic acids is 1. The Morgan fingerprint density at radius 2 is 1.70 bits per heavy atom. The molecule has 0 spiro atoms. The van der Waals surface area contributed by atoms with Crippen molar-refractivity contribution in [3.63, 3.8) is 0 Å². The number of carbonyl (C=O) groups is 2. The van der Waals surface area contributed by atoms with E-state index in [0.29, 0.717) is 18.8 Å². The Kier molecular flexibility index (Phi) is 10.6. The maximum atomic E-state index is 12.6. The number of carbonyl (C=O) groups excluding carboxylic acids is 1. The molecule has 2 aromatic carbocycles. The summed E-state index contributed by atoms with van der Waals surface area (Å²) in [5, 5.41) is 15.7. The standard InChI is InChI=1S/C27H30Cl2N4O4/c1-33(2)15-14-30-24-8-3-5-19(31-24)13-16-37-20-11-9-18(10-12-20)17-23(27(35)36)32-26(34)25-21(28)6-4-7-22(25)29/h3-12,23H,13-17H2,1-2H3,(H,30,31)(H,32,34)(H,35,36)/t23-/m0/s1. The van der Waals surface area contributed by atoms with Gasteiger partial charge in [-0.1, -0.05) is 47.5 Å². The molecule has 0 radical (unpaired) electrons. The number of hydrogen-bond acceptors (Lipinski definition) is 6. The number of ether oxygens (including phenoxy) is 1. The van der Waals surface area contributed by atoms with Crippen LogP contribution in [-0.4, -0.2) is 66.7 Å². The van der Waals surface area contributed by atoms with Crippen LogP contribution in [0.5, 0.6) is 5.75 Å². The molecule has 0 unspecified atom stereocenters. The highest BCUT2D eigenvalue weighted by atomic mass is 35.5. The first kappa shape index (κ1) is 28.2. The van der Waals surface area contributed by atoms with Crippen LogP contribution in [0.3, 0.4) is 0 Å². The van der Waals surface area contributed by atoms with Gasteiger partial charge < -0.3 is 25.4 Å². The molecule has 1 heterocycles. The van der Waals surface area contributed by atoms with E-state index < -0.39 is 17.9 Å². The van der Waals surface area contributed by atoms with Crippen LogP contribution >= 0.6 is 23.2 Å². The van der Waals surface area contributed by atoms with Crippen molar-refractivity contribution in [3.8, 4) is 5.75 Å². The Labute approximate surface area is 226 Å². The van der Waals surface area contributed by atoms with E-state index in [9.17, 15) is 14.7 Å². The van der Waals surface area contributed by atoms with Gasteiger partial charge in [0.05, 0.1) is 22.2 Å². The summed E-state index contributed by atoms with van der Waals surface area (Å²) >= 11 is 12.1. The van der Waals surface area contributed by atoms with Crippen LogP contribution in [0.4, 0.5) is 5.82 Å². The number of anilines is 1. The van der Waals surface area contributed by atoms with Crippen LogP contribution in [0.2, 0.25) is 10.0 Å². The molecule has 10 heteroatoms. The summed E-state index contributed by atoms with van der Waals surface area (Å²) in [6, 6.07) is 16.4. The molecule has 0 aliphatic rings. The van der Waals surface area contributed by atoms with Gasteiger partial charge in [-0.15, -0.1) is 0 Å². The Morgan fingerprint density at radius 1 is 1.03 bits per heavy atom. The van der Waals surface area contributed by atoms with Gasteiger partial charge in [-0.2, -0.15) is 0 Å². The van der Waals surface area contributed by atoms with E-state index in [1.807, 2.05) is 32.3 Å². The minimum atomic E-state index is -1.16. The lowest BCUT2D eigenvalue weighted by Crippen LogP contribution is -2.42. The third-order valence-corrected chi connectivity index (χ3v) is 6.09. The summed E-state index contributed by atoms with van der Waals surface area (Å²) in [5.74, 6) is -0.320. The zero-order valence-electron chi connectivity index (χ0n) is 20.7. The average Bonchev–Trinajstić information content (AvgIpc) is 2.84. The number of hydrogen-bond donors (Lipinski definition) is 3. The molecule has 0 saturated carbocycles. The Hall–Kier alpha value is -3.33. The molecule has 8 nitrogen and oxygen atoms in total. The van der Waals surface area contributed by atoms with Gasteiger partial charge in [0.25, 0.3) is 5.91 Å². The largest absolute Gasteiger partial charge is 0.493 e. The topological polar surface area (TPSA) is 104 Å². The lowest BCUT2D eigenvalue weighted by Gasteiger charge is -2.16. The van der Waals surface area contributed by atoms with Crippen LogP contribution in [0.1, 0.15) is 21.6 Å². The molecule has 0 saturated heterocycles. The second-order valence-corrected chi connectivity index (χ2v) is 9.47. The fraction of sp³-hybridized carbons (Fsp3) is 0.296. The number of likely N-dealkylation sites (N-methyl/N-ethyl adjacent to an activating group) is 1. The lowest BCUT2D eigenvalue weighted by molar-refractivity contribution is -0.139. The van der Waals surface area contributed by atoms with E-state index in [4.69, 9.17) is 27.9 Å². The zero-order chi connectivity index (χ0) is 26.8. The fourth-order valence-corrected chi connectivity index (χ4v) is 4.07. The van der Waals surface area contributed by atoms with Gasteiger partial charge in [-0.25, -0.2) is 9.78 Å². The van der Waals surface area contributed by atoms with Crippen molar-refractivity contribution >= 4 is 40.9 Å². The highest BCUT2D eigenvalue weighted by Crippen LogP contribution is 2.24. The first-order chi connectivity index (χ1) is 17.7. The van der Waals surface area contributed by atoms with Crippen LogP contribution < -0.4 is 15.4 Å². The normalized spacial score (nSPS) is 11.7. The predicted molar refractivity (Wildman–Crippen MR) is 146 cm³/mol. The van der Waals surface area contributed by atoms with Gasteiger partial charge in [0, 0.05) is 31.6 Å². The molecule has 3 rings (SSSR count). The monoisotopic (exact) mass is 544 g/mol. The number of nitrogens with one attached hydrogen (secondary N) is 2. The lowest BCUT2D eigenvalue weighted by atomic mass is 10.1. The quantitative estimate of drug-likeness (QED) is 0.292. The predicted octanol–water partition coefficient (Wildman–Crippen LogP) is 4.41. The second-order valence-electron chi connectivity index (χ2n) is 8.65. The molecule has 196 valence electrons. The van der Waals surface area contributed by atoms with E-state index in [2.05, 4.69) is 20.5 Å². The van der Waals surface area contributed by atoms with Gasteiger partial charge in [-0.05, 0) is 56.1 Å². The van der Waals surface area contributed by atoms with Crippen LogP contribution in [0.25, 0.3) is 0 Å². The fourth-order valence-electron chi connectivity index (χ4n) is 3.50. The maximum absolute atomic E-state index is 12.6. The summed E-state index contributed by atoms with van der Waals surface area (Å²) in [6.07, 6.45) is 0.726. The number of aromatic nitrogens is 1. The van der Waals surface area contributed by atoms with E-state index in [-0.39, 0.29) is 22.0 Å². The van der Waals surface area contributed by atoms with Crippen molar-refractivity contribution in [2.24, 2.45) is 0 Å². The molecular weight excluding hydrogens is 515 g/mol. The highest BCUT2D eigenvalue weighted by molar-refractivity contribution is 6.39. The van der Waals surface area contributed by atoms with Gasteiger partial charge in [-0.3, -0.25) is 4.79 Å². The molecule has 1 aromatic heterocycles. The summed E-state index contributed by atoms with van der Waals surface area (Å²) < 4.78 is 5.84. The highest BCUT2D eigenvalue weighted by Gasteiger charge is 2.23. The zero-order valence-corrected chi connectivity index (χ0v) is 22.2. The molecule has 0 aliphatic heterocycles. The van der Waals surface area contributed by atoms with Crippen molar-refractivity contribution in [2.45, 2.75) is 18.9 Å². The minimum Gasteiger partial charge on any atom is -0.493 e. The molecular formula is C27H30Cl2N4O4. The Balaban J connectivity index is 1.51. The van der Waals surface area contributed by atoms with Crippen molar-refractivity contribution < 1.29 is 19.4 Å². The molecule has 37 heavy (non-hydrogen) atoms. The summed E-state index contributed by atoms with van der Waals surface area (Å²) in [7, 11) is 4.05. The van der Waals surface area contributed by atoms with Gasteiger partial charge in [0.1, 0.15) is 17.6 Å². The Bertz CT molecular complexity index is 1190. The Morgan fingerprint density at radius 3 is 2.35 bits per heavy atom. The number of nitrogens with zero attached hydrogens (tertiary/aromatic N) is 2. The molecule has 1 atom stereocenters. The second kappa shape index (κ2) is 13.8. The number of pyridine rings is 1. The SMILES string of the molecule is CN(C)CCNc1cccc(CCOc2ccc(C[C@H](NC(=O)c3c(Cl)cccc3Cl)C(=O)O)cc2)n1. The van der Waals surface area contributed by atoms with E-state index >= 15 is 0 Å². The first-order valence-electron chi connectivity index (χ1n) is 11.8. The number of halogens is 2. The average molecular weight is 545 g/mol. The van der Waals surface area contributed by atoms with E-state index in [1.165, 1.54) is 12.1 Å².